The van der Waals surface area contributed by atoms with Crippen molar-refractivity contribution in [3.05, 3.63) is 91.9 Å². The highest BCUT2D eigenvalue weighted by Gasteiger charge is 2.36. The lowest BCUT2D eigenvalue weighted by Gasteiger charge is -2.26. The summed E-state index contributed by atoms with van der Waals surface area (Å²) in [5.41, 5.74) is 2.86. The first-order valence-electron chi connectivity index (χ1n) is 11.2. The molecule has 3 aromatic rings. The van der Waals surface area contributed by atoms with Gasteiger partial charge in [0, 0.05) is 10.7 Å². The molecule has 0 bridgehead atoms. The van der Waals surface area contributed by atoms with Crippen LogP contribution in [-0.2, 0) is 14.4 Å². The van der Waals surface area contributed by atoms with Gasteiger partial charge in [0.2, 0.25) is 0 Å². The van der Waals surface area contributed by atoms with E-state index in [0.29, 0.717) is 16.3 Å². The number of halogens is 3. The lowest BCUT2D eigenvalue weighted by atomic mass is 10.1. The summed E-state index contributed by atoms with van der Waals surface area (Å²) in [6, 6.07) is 13.5. The molecule has 0 aliphatic carbocycles. The molecule has 1 aliphatic heterocycles. The minimum atomic E-state index is -0.890. The van der Waals surface area contributed by atoms with Gasteiger partial charge in [-0.25, -0.2) is 9.69 Å². The van der Waals surface area contributed by atoms with E-state index < -0.39 is 23.8 Å². The number of rotatable bonds is 6. The maximum absolute atomic E-state index is 13.1. The summed E-state index contributed by atoms with van der Waals surface area (Å²) in [7, 11) is 0. The van der Waals surface area contributed by atoms with Crippen LogP contribution in [-0.4, -0.2) is 30.4 Å². The second-order valence-corrected chi connectivity index (χ2v) is 9.58. The Balaban J connectivity index is 1.52. The van der Waals surface area contributed by atoms with Crippen LogP contribution in [0.5, 0.6) is 5.75 Å². The first-order chi connectivity index (χ1) is 18.0. The van der Waals surface area contributed by atoms with Gasteiger partial charge in [-0.3, -0.25) is 19.7 Å². The Morgan fingerprint density at radius 1 is 1.00 bits per heavy atom. The van der Waals surface area contributed by atoms with Crippen LogP contribution in [0.15, 0.2) is 60.2 Å². The fraction of sp³-hybridized carbons (Fsp3) is 0.111. The van der Waals surface area contributed by atoms with Crippen molar-refractivity contribution in [2.45, 2.75) is 13.8 Å². The van der Waals surface area contributed by atoms with Gasteiger partial charge in [0.15, 0.2) is 12.4 Å². The van der Waals surface area contributed by atoms with Crippen LogP contribution in [0.25, 0.3) is 6.08 Å². The maximum atomic E-state index is 13.1. The van der Waals surface area contributed by atoms with Gasteiger partial charge >= 0.3 is 6.03 Å². The summed E-state index contributed by atoms with van der Waals surface area (Å²) in [5, 5.41) is 5.44. The summed E-state index contributed by atoms with van der Waals surface area (Å²) < 4.78 is 5.55. The molecule has 0 saturated carbocycles. The van der Waals surface area contributed by atoms with Crippen molar-refractivity contribution < 1.29 is 23.9 Å². The number of carbonyl (C=O) groups is 4. The molecule has 1 fully saturated rings. The second kappa shape index (κ2) is 11.3. The van der Waals surface area contributed by atoms with Gasteiger partial charge in [-0.1, -0.05) is 46.9 Å². The molecular formula is C27H20Cl3N3O5. The van der Waals surface area contributed by atoms with Crippen molar-refractivity contribution in [1.82, 2.24) is 5.32 Å². The van der Waals surface area contributed by atoms with Crippen LogP contribution >= 0.6 is 34.8 Å². The Morgan fingerprint density at radius 2 is 1.66 bits per heavy atom. The largest absolute Gasteiger partial charge is 0.481 e. The number of hydrogen-bond acceptors (Lipinski definition) is 5. The molecular weight excluding hydrogens is 553 g/mol. The fourth-order valence-corrected chi connectivity index (χ4v) is 4.40. The zero-order valence-electron chi connectivity index (χ0n) is 20.1. The van der Waals surface area contributed by atoms with E-state index in [-0.39, 0.29) is 33.7 Å². The van der Waals surface area contributed by atoms with Crippen molar-refractivity contribution in [1.29, 1.82) is 0 Å². The highest BCUT2D eigenvalue weighted by Crippen LogP contribution is 2.35. The predicted molar refractivity (Wildman–Crippen MR) is 147 cm³/mol. The topological polar surface area (TPSA) is 105 Å². The number of anilines is 2. The average Bonchev–Trinajstić information content (AvgIpc) is 2.85. The Labute approximate surface area is 233 Å². The smallest absolute Gasteiger partial charge is 0.335 e. The standard InChI is InChI=1S/C27H20Cl3N3O5/c1-14-4-3-5-22(15(14)2)31-23(34)13-38-24-20(29)11-16(12-21(24)30)10-19-25(35)32-27(37)33(26(19)36)18-8-6-17(28)7-9-18/h3-12H,13H2,1-2H3,(H,31,34)(H,32,35,37)/b19-10-. The van der Waals surface area contributed by atoms with Crippen LogP contribution in [0.4, 0.5) is 16.2 Å². The number of urea groups is 1. The van der Waals surface area contributed by atoms with Gasteiger partial charge in [0.1, 0.15) is 5.57 Å². The minimum absolute atomic E-state index is 0.0539. The third-order valence-electron chi connectivity index (χ3n) is 5.74. The molecule has 1 aliphatic rings. The molecule has 5 amide bonds. The number of aryl methyl sites for hydroxylation is 1. The Hall–Kier alpha value is -3.85. The van der Waals surface area contributed by atoms with Crippen LogP contribution < -0.4 is 20.3 Å². The van der Waals surface area contributed by atoms with Gasteiger partial charge in [0.25, 0.3) is 17.7 Å². The van der Waals surface area contributed by atoms with E-state index in [2.05, 4.69) is 10.6 Å². The highest BCUT2D eigenvalue weighted by atomic mass is 35.5. The van der Waals surface area contributed by atoms with Crippen molar-refractivity contribution >= 4 is 76.0 Å². The van der Waals surface area contributed by atoms with Crippen molar-refractivity contribution in [2.75, 3.05) is 16.8 Å². The second-order valence-electron chi connectivity index (χ2n) is 8.33. The number of barbiturate groups is 1. The fourth-order valence-electron chi connectivity index (χ4n) is 3.66. The number of amides is 5. The van der Waals surface area contributed by atoms with Gasteiger partial charge in [-0.05, 0) is 79.1 Å². The first-order valence-corrected chi connectivity index (χ1v) is 12.3. The minimum Gasteiger partial charge on any atom is -0.481 e. The van der Waals surface area contributed by atoms with E-state index in [9.17, 15) is 19.2 Å². The highest BCUT2D eigenvalue weighted by molar-refractivity contribution is 6.40. The van der Waals surface area contributed by atoms with Crippen molar-refractivity contribution in [3.8, 4) is 5.75 Å². The van der Waals surface area contributed by atoms with Gasteiger partial charge in [-0.15, -0.1) is 0 Å². The number of imide groups is 2. The molecule has 38 heavy (non-hydrogen) atoms. The molecule has 1 saturated heterocycles. The number of nitrogens with one attached hydrogen (secondary N) is 2. The van der Waals surface area contributed by atoms with E-state index in [4.69, 9.17) is 39.5 Å². The normalized spacial score (nSPS) is 14.5. The van der Waals surface area contributed by atoms with Gasteiger partial charge < -0.3 is 10.1 Å². The summed E-state index contributed by atoms with van der Waals surface area (Å²) in [6.07, 6.45) is 1.25. The van der Waals surface area contributed by atoms with E-state index in [0.717, 1.165) is 16.0 Å². The predicted octanol–water partition coefficient (Wildman–Crippen LogP) is 5.95. The summed E-state index contributed by atoms with van der Waals surface area (Å²) in [5.74, 6) is -2.06. The van der Waals surface area contributed by atoms with E-state index in [1.165, 1.54) is 42.5 Å². The third kappa shape index (κ3) is 5.83. The lowest BCUT2D eigenvalue weighted by molar-refractivity contribution is -0.122. The molecule has 0 atom stereocenters. The monoisotopic (exact) mass is 571 g/mol. The maximum Gasteiger partial charge on any atom is 0.335 e. The van der Waals surface area contributed by atoms with Crippen LogP contribution in [0.2, 0.25) is 15.1 Å². The molecule has 0 unspecified atom stereocenters. The SMILES string of the molecule is Cc1cccc(NC(=O)COc2c(Cl)cc(/C=C3/C(=O)NC(=O)N(c4ccc(Cl)cc4)C3=O)cc2Cl)c1C. The van der Waals surface area contributed by atoms with Gasteiger partial charge in [-0.2, -0.15) is 0 Å². The van der Waals surface area contributed by atoms with Crippen molar-refractivity contribution in [2.24, 2.45) is 0 Å². The molecule has 11 heteroatoms. The first kappa shape index (κ1) is 27.2. The molecule has 0 radical (unpaired) electrons. The van der Waals surface area contributed by atoms with Crippen LogP contribution in [0.3, 0.4) is 0 Å². The van der Waals surface area contributed by atoms with Crippen molar-refractivity contribution in [3.63, 3.8) is 0 Å². The molecule has 3 aromatic carbocycles. The Bertz CT molecular complexity index is 1480. The van der Waals surface area contributed by atoms with E-state index in [1.807, 2.05) is 26.0 Å². The quantitative estimate of drug-likeness (QED) is 0.281. The lowest BCUT2D eigenvalue weighted by Crippen LogP contribution is -2.54. The molecule has 8 nitrogen and oxygen atoms in total. The number of carbonyl (C=O) groups excluding carboxylic acids is 4. The zero-order chi connectivity index (χ0) is 27.6. The average molecular weight is 573 g/mol. The number of nitrogens with zero attached hydrogens (tertiary/aromatic N) is 1. The molecule has 0 spiro atoms. The number of benzene rings is 3. The molecule has 2 N–H and O–H groups in total. The third-order valence-corrected chi connectivity index (χ3v) is 6.56. The molecule has 4 rings (SSSR count). The number of hydrogen-bond donors (Lipinski definition) is 2. The van der Waals surface area contributed by atoms with E-state index >= 15 is 0 Å². The molecule has 1 heterocycles. The number of ether oxygens (including phenoxy) is 1. The van der Waals surface area contributed by atoms with E-state index in [1.54, 1.807) is 6.07 Å². The Morgan fingerprint density at radius 3 is 2.32 bits per heavy atom. The van der Waals surface area contributed by atoms with Gasteiger partial charge in [0.05, 0.1) is 15.7 Å². The molecule has 194 valence electrons. The Kier molecular flexibility index (Phi) is 8.06. The summed E-state index contributed by atoms with van der Waals surface area (Å²) >= 11 is 18.6. The zero-order valence-corrected chi connectivity index (χ0v) is 22.4. The molecule has 0 aromatic heterocycles. The summed E-state index contributed by atoms with van der Waals surface area (Å²) in [6.45, 7) is 3.48. The van der Waals surface area contributed by atoms with Crippen LogP contribution in [0, 0.1) is 13.8 Å². The van der Waals surface area contributed by atoms with Crippen LogP contribution in [0.1, 0.15) is 16.7 Å². The summed E-state index contributed by atoms with van der Waals surface area (Å²) in [4.78, 5) is 51.1.